The van der Waals surface area contributed by atoms with Gasteiger partial charge in [0.15, 0.2) is 5.82 Å². The molecule has 0 saturated carbocycles. The summed E-state index contributed by atoms with van der Waals surface area (Å²) < 4.78 is 13.5. The van der Waals surface area contributed by atoms with Crippen molar-refractivity contribution >= 4 is 17.6 Å². The average Bonchev–Trinajstić information content (AvgIpc) is 2.52. The van der Waals surface area contributed by atoms with E-state index in [-0.39, 0.29) is 12.1 Å². The van der Waals surface area contributed by atoms with Gasteiger partial charge in [-0.1, -0.05) is 0 Å². The number of nitrogens with zero attached hydrogens (tertiary/aromatic N) is 3. The van der Waals surface area contributed by atoms with Crippen molar-refractivity contribution in [2.45, 2.75) is 65.1 Å². The minimum absolute atomic E-state index is 0.241. The van der Waals surface area contributed by atoms with Gasteiger partial charge in [-0.3, -0.25) is 0 Å². The summed E-state index contributed by atoms with van der Waals surface area (Å²) >= 11 is 0. The van der Waals surface area contributed by atoms with Crippen LogP contribution in [0.2, 0.25) is 0 Å². The molecule has 0 aliphatic carbocycles. The molecule has 2 rings (SSSR count). The molecule has 0 aromatic carbocycles. The number of amides is 1. The molecule has 0 radical (unpaired) electrons. The van der Waals surface area contributed by atoms with Gasteiger partial charge >= 0.3 is 6.09 Å². The summed E-state index contributed by atoms with van der Waals surface area (Å²) in [6, 6.07) is 3.33. The van der Waals surface area contributed by atoms with Crippen molar-refractivity contribution in [3.8, 4) is 0 Å². The van der Waals surface area contributed by atoms with Gasteiger partial charge < -0.3 is 19.9 Å². The molecule has 0 unspecified atom stereocenters. The van der Waals surface area contributed by atoms with Gasteiger partial charge in [0, 0.05) is 38.4 Å². The molecule has 1 N–H and O–H groups in total. The average molecular weight is 349 g/mol. The number of carbonyl (C=O) groups is 1. The Morgan fingerprint density at radius 2 is 2.08 bits per heavy atom. The van der Waals surface area contributed by atoms with Crippen LogP contribution in [-0.4, -0.2) is 53.8 Å². The van der Waals surface area contributed by atoms with E-state index in [2.05, 4.69) is 15.2 Å². The summed E-state index contributed by atoms with van der Waals surface area (Å²) in [7, 11) is 2.03. The molecule has 140 valence electrons. The van der Waals surface area contributed by atoms with Crippen LogP contribution in [-0.2, 0) is 4.74 Å². The van der Waals surface area contributed by atoms with Crippen LogP contribution < -0.4 is 10.2 Å². The maximum absolute atomic E-state index is 12.2. The van der Waals surface area contributed by atoms with Gasteiger partial charge in [-0.25, -0.2) is 9.78 Å². The van der Waals surface area contributed by atoms with Crippen molar-refractivity contribution in [1.29, 1.82) is 0 Å². The Balaban J connectivity index is 2.01. The van der Waals surface area contributed by atoms with Gasteiger partial charge in [0.1, 0.15) is 5.60 Å². The Labute approximate surface area is 153 Å². The van der Waals surface area contributed by atoms with E-state index in [1.807, 2.05) is 53.8 Å². The summed E-state index contributed by atoms with van der Waals surface area (Å²) in [5.74, 6) is 0.837. The smallest absolute Gasteiger partial charge is 0.410 e. The Bertz CT molecular complexity index is 617. The van der Waals surface area contributed by atoms with Gasteiger partial charge in [-0.05, 0) is 59.6 Å². The van der Waals surface area contributed by atoms with Gasteiger partial charge in [-0.2, -0.15) is 0 Å². The lowest BCUT2D eigenvalue weighted by Crippen LogP contribution is -2.47. The number of carbonyl (C=O) groups excluding carboxylic acids is 1. The fourth-order valence-electron chi connectivity index (χ4n) is 2.98. The predicted octanol–water partition coefficient (Wildman–Crippen LogP) is 3.74. The zero-order chi connectivity index (χ0) is 19.5. The first-order valence-corrected chi connectivity index (χ1v) is 8.90. The highest BCUT2D eigenvalue weighted by Crippen LogP contribution is 2.27. The molecule has 1 aromatic rings. The number of ether oxygens (including phenoxy) is 1. The molecule has 1 amide bonds. The maximum atomic E-state index is 12.2. The SMILES string of the molecule is [2H]C(C)(C)Nc1cccnc1N(C)C1CCN(C(=O)OC(C)(C)C)CC1. The second-order valence-electron chi connectivity index (χ2n) is 7.81. The Morgan fingerprint density at radius 1 is 1.44 bits per heavy atom. The van der Waals surface area contributed by atoms with Crippen LogP contribution >= 0.6 is 0 Å². The second-order valence-corrected chi connectivity index (χ2v) is 7.81. The highest BCUT2D eigenvalue weighted by Gasteiger charge is 2.29. The molecule has 1 aromatic heterocycles. The molecule has 2 heterocycles. The molecular formula is C19H32N4O2. The topological polar surface area (TPSA) is 57.7 Å². The Morgan fingerprint density at radius 3 is 2.64 bits per heavy atom. The van der Waals surface area contributed by atoms with Gasteiger partial charge in [0.25, 0.3) is 0 Å². The molecule has 1 saturated heterocycles. The first kappa shape index (κ1) is 17.8. The van der Waals surface area contributed by atoms with Crippen LogP contribution in [0.4, 0.5) is 16.3 Å². The number of anilines is 2. The number of pyridine rings is 1. The van der Waals surface area contributed by atoms with Crippen molar-refractivity contribution in [3.05, 3.63) is 18.3 Å². The number of piperidine rings is 1. The molecule has 1 fully saturated rings. The summed E-state index contributed by atoms with van der Waals surface area (Å²) in [5.41, 5.74) is 0.382. The van der Waals surface area contributed by atoms with Gasteiger partial charge in [-0.15, -0.1) is 0 Å². The van der Waals surface area contributed by atoms with Gasteiger partial charge in [0.05, 0.1) is 7.06 Å². The zero-order valence-electron chi connectivity index (χ0n) is 17.3. The van der Waals surface area contributed by atoms with Crippen LogP contribution in [0.5, 0.6) is 0 Å². The minimum Gasteiger partial charge on any atom is -0.444 e. The number of aromatic nitrogens is 1. The van der Waals surface area contributed by atoms with E-state index >= 15 is 0 Å². The Hall–Kier alpha value is -1.98. The van der Waals surface area contributed by atoms with E-state index in [4.69, 9.17) is 6.11 Å². The quantitative estimate of drug-likeness (QED) is 0.897. The van der Waals surface area contributed by atoms with Crippen LogP contribution in [0, 0.1) is 0 Å². The molecule has 0 bridgehead atoms. The van der Waals surface area contributed by atoms with Crippen LogP contribution in [0.1, 0.15) is 48.8 Å². The highest BCUT2D eigenvalue weighted by molar-refractivity contribution is 5.68. The van der Waals surface area contributed by atoms with Crippen molar-refractivity contribution in [2.75, 3.05) is 30.4 Å². The second kappa shape index (κ2) is 7.93. The normalized spacial score (nSPS) is 17.0. The molecule has 25 heavy (non-hydrogen) atoms. The number of hydrogen-bond acceptors (Lipinski definition) is 5. The van der Waals surface area contributed by atoms with Crippen molar-refractivity contribution in [2.24, 2.45) is 0 Å². The first-order valence-electron chi connectivity index (χ1n) is 9.40. The lowest BCUT2D eigenvalue weighted by Gasteiger charge is -2.38. The van der Waals surface area contributed by atoms with Crippen molar-refractivity contribution in [3.63, 3.8) is 0 Å². The summed E-state index contributed by atoms with van der Waals surface area (Å²) in [5, 5.41) is 3.20. The zero-order valence-corrected chi connectivity index (χ0v) is 16.3. The molecule has 0 atom stereocenters. The minimum atomic E-state index is -0.779. The summed E-state index contributed by atoms with van der Waals surface area (Å²) in [6.45, 7) is 10.6. The fraction of sp³-hybridized carbons (Fsp3) is 0.684. The summed E-state index contributed by atoms with van der Waals surface area (Å²) in [6.07, 6.45) is 3.24. The van der Waals surface area contributed by atoms with Crippen LogP contribution in [0.3, 0.4) is 0 Å². The monoisotopic (exact) mass is 349 g/mol. The van der Waals surface area contributed by atoms with E-state index in [1.165, 1.54) is 0 Å². The van der Waals surface area contributed by atoms with E-state index in [1.54, 1.807) is 11.1 Å². The number of rotatable bonds is 4. The van der Waals surface area contributed by atoms with E-state index in [0.29, 0.717) is 13.1 Å². The molecular weight excluding hydrogens is 316 g/mol. The number of likely N-dealkylation sites (tertiary alicyclic amines) is 1. The van der Waals surface area contributed by atoms with Gasteiger partial charge in [0.2, 0.25) is 0 Å². The highest BCUT2D eigenvalue weighted by atomic mass is 16.6. The Kier molecular flexibility index (Phi) is 5.66. The summed E-state index contributed by atoms with van der Waals surface area (Å²) in [4.78, 5) is 20.7. The molecule has 6 heteroatoms. The van der Waals surface area contributed by atoms with E-state index in [9.17, 15) is 4.79 Å². The molecule has 6 nitrogen and oxygen atoms in total. The standard InChI is InChI=1S/C19H32N4O2/c1-14(2)21-16-8-7-11-20-17(16)22(6)15-9-12-23(13-10-15)18(24)25-19(3,4)5/h7-8,11,14-15,21H,9-10,12-13H2,1-6H3/i14D. The molecule has 0 spiro atoms. The number of nitrogens with one attached hydrogen (secondary N) is 1. The van der Waals surface area contributed by atoms with E-state index in [0.717, 1.165) is 24.3 Å². The lowest BCUT2D eigenvalue weighted by molar-refractivity contribution is 0.0205. The van der Waals surface area contributed by atoms with Crippen molar-refractivity contribution in [1.82, 2.24) is 9.88 Å². The third-order valence-electron chi connectivity index (χ3n) is 4.17. The third-order valence-corrected chi connectivity index (χ3v) is 4.17. The predicted molar refractivity (Wildman–Crippen MR) is 102 cm³/mol. The fourth-order valence-corrected chi connectivity index (χ4v) is 2.98. The first-order chi connectivity index (χ1) is 12.0. The third kappa shape index (κ3) is 5.51. The maximum Gasteiger partial charge on any atom is 0.410 e. The largest absolute Gasteiger partial charge is 0.444 e. The van der Waals surface area contributed by atoms with E-state index < -0.39 is 11.6 Å². The van der Waals surface area contributed by atoms with Crippen LogP contribution in [0.25, 0.3) is 0 Å². The van der Waals surface area contributed by atoms with Crippen LogP contribution in [0.15, 0.2) is 18.3 Å². The number of hydrogen-bond donors (Lipinski definition) is 1. The molecule has 1 aliphatic rings. The van der Waals surface area contributed by atoms with Crippen molar-refractivity contribution < 1.29 is 10.9 Å². The lowest BCUT2D eigenvalue weighted by atomic mass is 10.0. The molecule has 1 aliphatic heterocycles.